The molecule has 1 N–H and O–H groups in total. The van der Waals surface area contributed by atoms with Crippen molar-refractivity contribution in [1.82, 2.24) is 0 Å². The highest BCUT2D eigenvalue weighted by Crippen LogP contribution is 2.29. The maximum atomic E-state index is 12.2. The van der Waals surface area contributed by atoms with Crippen LogP contribution in [-0.4, -0.2) is 15.6 Å². The second-order valence-electron chi connectivity index (χ2n) is 5.65. The van der Waals surface area contributed by atoms with Crippen LogP contribution in [0.2, 0.25) is 0 Å². The Kier molecular flexibility index (Phi) is 5.18. The summed E-state index contributed by atoms with van der Waals surface area (Å²) in [6, 6.07) is 9.86. The molecule has 1 heterocycles. The minimum Gasteiger partial charge on any atom is -0.422 e. The van der Waals surface area contributed by atoms with Crippen LogP contribution >= 0.6 is 15.9 Å². The third-order valence-electron chi connectivity index (χ3n) is 3.82. The van der Waals surface area contributed by atoms with E-state index in [2.05, 4.69) is 26.5 Å². The zero-order valence-corrected chi connectivity index (χ0v) is 15.8. The van der Waals surface area contributed by atoms with Gasteiger partial charge in [-0.1, -0.05) is 15.9 Å². The van der Waals surface area contributed by atoms with Gasteiger partial charge in [0, 0.05) is 15.9 Å². The summed E-state index contributed by atoms with van der Waals surface area (Å²) in [6.07, 6.45) is 0. The lowest BCUT2D eigenvalue weighted by Crippen LogP contribution is -2.13. The van der Waals surface area contributed by atoms with Crippen molar-refractivity contribution in [3.05, 3.63) is 83.1 Å². The molecule has 0 aliphatic rings. The number of nitrogens with zero attached hydrogens (tertiary/aromatic N) is 3. The minimum atomic E-state index is -0.762. The Balaban J connectivity index is 1.98. The van der Waals surface area contributed by atoms with Gasteiger partial charge >= 0.3 is 11.3 Å². The zero-order valence-electron chi connectivity index (χ0n) is 14.2. The van der Waals surface area contributed by atoms with Gasteiger partial charge in [-0.2, -0.15) is 5.10 Å². The molecule has 2 aromatic carbocycles. The smallest absolute Gasteiger partial charge is 0.345 e. The maximum Gasteiger partial charge on any atom is 0.345 e. The van der Waals surface area contributed by atoms with Crippen LogP contribution in [0.25, 0.3) is 11.0 Å². The summed E-state index contributed by atoms with van der Waals surface area (Å²) in [4.78, 5) is 32.7. The lowest BCUT2D eigenvalue weighted by molar-refractivity contribution is -0.393. The molecule has 1 aromatic heterocycles. The van der Waals surface area contributed by atoms with E-state index in [9.17, 15) is 25.0 Å². The molecule has 10 nitrogen and oxygen atoms in total. The molecule has 0 bridgehead atoms. The Hall–Kier alpha value is -3.60. The van der Waals surface area contributed by atoms with Gasteiger partial charge in [0.2, 0.25) is 0 Å². The molecule has 0 unspecified atom stereocenters. The summed E-state index contributed by atoms with van der Waals surface area (Å²) in [7, 11) is 0. The van der Waals surface area contributed by atoms with E-state index in [1.54, 1.807) is 24.3 Å². The molecular formula is C17H11BrN4O6. The second kappa shape index (κ2) is 7.56. The van der Waals surface area contributed by atoms with Crippen LogP contribution in [-0.2, 0) is 0 Å². The van der Waals surface area contributed by atoms with E-state index in [0.717, 1.165) is 16.6 Å². The first-order valence-electron chi connectivity index (χ1n) is 7.73. The fourth-order valence-electron chi connectivity index (χ4n) is 2.43. The van der Waals surface area contributed by atoms with Gasteiger partial charge in [-0.05, 0) is 37.3 Å². The largest absolute Gasteiger partial charge is 0.422 e. The second-order valence-corrected chi connectivity index (χ2v) is 6.57. The molecule has 28 heavy (non-hydrogen) atoms. The summed E-state index contributed by atoms with van der Waals surface area (Å²) in [6.45, 7) is 1.53. The Morgan fingerprint density at radius 3 is 2.54 bits per heavy atom. The number of non-ortho nitro benzene ring substituents is 1. The molecule has 0 radical (unpaired) electrons. The van der Waals surface area contributed by atoms with Crippen LogP contribution in [0.3, 0.4) is 0 Å². The number of nitrogens with one attached hydrogen (secondary N) is 1. The number of hydrogen-bond donors (Lipinski definition) is 1. The van der Waals surface area contributed by atoms with E-state index < -0.39 is 26.8 Å². The predicted molar refractivity (Wildman–Crippen MR) is 106 cm³/mol. The van der Waals surface area contributed by atoms with Crippen molar-refractivity contribution in [2.45, 2.75) is 6.92 Å². The number of fused-ring (bicyclic) bond motifs is 1. The first kappa shape index (κ1) is 19.2. The van der Waals surface area contributed by atoms with Gasteiger partial charge in [-0.3, -0.25) is 25.7 Å². The Morgan fingerprint density at radius 1 is 1.11 bits per heavy atom. The van der Waals surface area contributed by atoms with Gasteiger partial charge < -0.3 is 4.42 Å². The fraction of sp³-hybridized carbons (Fsp3) is 0.0588. The lowest BCUT2D eigenvalue weighted by atomic mass is 10.1. The summed E-state index contributed by atoms with van der Waals surface area (Å²) >= 11 is 3.34. The van der Waals surface area contributed by atoms with Crippen LogP contribution in [0.15, 0.2) is 61.3 Å². The highest BCUT2D eigenvalue weighted by Gasteiger charge is 2.19. The van der Waals surface area contributed by atoms with Gasteiger partial charge in [-0.15, -0.1) is 0 Å². The predicted octanol–water partition coefficient (Wildman–Crippen LogP) is 4.21. The molecule has 0 saturated carbocycles. The number of nitro groups is 2. The van der Waals surface area contributed by atoms with Crippen molar-refractivity contribution in [2.75, 3.05) is 5.43 Å². The minimum absolute atomic E-state index is 0.0529. The molecular weight excluding hydrogens is 436 g/mol. The average molecular weight is 447 g/mol. The number of hydrazone groups is 1. The highest BCUT2D eigenvalue weighted by molar-refractivity contribution is 9.10. The molecule has 142 valence electrons. The summed E-state index contributed by atoms with van der Waals surface area (Å²) < 4.78 is 6.06. The Labute approximate surface area is 164 Å². The molecule has 0 aliphatic carbocycles. The molecule has 3 rings (SSSR count). The van der Waals surface area contributed by atoms with Crippen molar-refractivity contribution >= 4 is 49.7 Å². The third-order valence-corrected chi connectivity index (χ3v) is 4.31. The van der Waals surface area contributed by atoms with Crippen LogP contribution in [0.4, 0.5) is 17.1 Å². The van der Waals surface area contributed by atoms with E-state index in [1.807, 2.05) is 0 Å². The fourth-order valence-corrected chi connectivity index (χ4v) is 2.81. The number of hydrogen-bond acceptors (Lipinski definition) is 8. The molecule has 0 fully saturated rings. The SMILES string of the molecule is CC(=NNc1ccc([N+](=O)[O-])cc1[N+](=O)[O-])c1cc2cc(Br)ccc2oc1=O. The number of anilines is 1. The number of halogens is 1. The molecule has 0 amide bonds. The van der Waals surface area contributed by atoms with Gasteiger partial charge in [0.25, 0.3) is 5.69 Å². The molecule has 0 aliphatic heterocycles. The summed E-state index contributed by atoms with van der Waals surface area (Å²) in [5.41, 5.74) is 1.68. The normalized spacial score (nSPS) is 11.4. The lowest BCUT2D eigenvalue weighted by Gasteiger charge is -2.05. The Morgan fingerprint density at radius 2 is 1.86 bits per heavy atom. The van der Waals surface area contributed by atoms with Crippen molar-refractivity contribution in [1.29, 1.82) is 0 Å². The first-order chi connectivity index (χ1) is 13.3. The number of benzene rings is 2. The van der Waals surface area contributed by atoms with E-state index >= 15 is 0 Å². The highest BCUT2D eigenvalue weighted by atomic mass is 79.9. The third kappa shape index (κ3) is 3.88. The van der Waals surface area contributed by atoms with Gasteiger partial charge in [0.1, 0.15) is 11.3 Å². The molecule has 0 saturated heterocycles. The first-order valence-corrected chi connectivity index (χ1v) is 8.52. The maximum absolute atomic E-state index is 12.2. The Bertz CT molecular complexity index is 1200. The number of rotatable bonds is 5. The van der Waals surface area contributed by atoms with E-state index in [4.69, 9.17) is 4.42 Å². The molecule has 0 spiro atoms. The quantitative estimate of drug-likeness (QED) is 0.267. The van der Waals surface area contributed by atoms with Gasteiger partial charge in [0.05, 0.1) is 27.2 Å². The van der Waals surface area contributed by atoms with Gasteiger partial charge in [-0.25, -0.2) is 4.79 Å². The van der Waals surface area contributed by atoms with Crippen LogP contribution in [0.5, 0.6) is 0 Å². The van der Waals surface area contributed by atoms with Crippen LogP contribution in [0.1, 0.15) is 12.5 Å². The van der Waals surface area contributed by atoms with E-state index in [0.29, 0.717) is 11.0 Å². The summed E-state index contributed by atoms with van der Waals surface area (Å²) in [5, 5.41) is 26.6. The zero-order chi connectivity index (χ0) is 20.4. The van der Waals surface area contributed by atoms with Crippen LogP contribution in [0, 0.1) is 20.2 Å². The van der Waals surface area contributed by atoms with E-state index in [-0.39, 0.29) is 17.0 Å². The monoisotopic (exact) mass is 446 g/mol. The summed E-state index contributed by atoms with van der Waals surface area (Å²) in [5.74, 6) is 0. The average Bonchev–Trinajstić information content (AvgIpc) is 2.65. The van der Waals surface area contributed by atoms with Crippen molar-refractivity contribution < 1.29 is 14.3 Å². The standard InChI is InChI=1S/C17H11BrN4O6/c1-9(13-7-10-6-11(18)2-5-16(10)28-17(13)23)19-20-14-4-3-12(21(24)25)8-15(14)22(26)27/h2-8,20H,1H3. The van der Waals surface area contributed by atoms with Crippen molar-refractivity contribution in [3.63, 3.8) is 0 Å². The topological polar surface area (TPSA) is 141 Å². The van der Waals surface area contributed by atoms with Crippen molar-refractivity contribution in [2.24, 2.45) is 5.10 Å². The van der Waals surface area contributed by atoms with E-state index in [1.165, 1.54) is 13.0 Å². The molecule has 0 atom stereocenters. The van der Waals surface area contributed by atoms with Crippen molar-refractivity contribution in [3.8, 4) is 0 Å². The van der Waals surface area contributed by atoms with Gasteiger partial charge in [0.15, 0.2) is 0 Å². The van der Waals surface area contributed by atoms with Crippen LogP contribution < -0.4 is 11.1 Å². The number of nitro benzene ring substituents is 2. The molecule has 3 aromatic rings. The molecule has 11 heteroatoms.